The molecule has 0 radical (unpaired) electrons. The Morgan fingerprint density at radius 2 is 1.81 bits per heavy atom. The predicted octanol–water partition coefficient (Wildman–Crippen LogP) is 6.63. The molecular formula is C24H28F2N4OSi. The van der Waals surface area contributed by atoms with Gasteiger partial charge in [0.1, 0.15) is 11.5 Å². The predicted molar refractivity (Wildman–Crippen MR) is 128 cm³/mol. The zero-order valence-electron chi connectivity index (χ0n) is 19.0. The molecule has 0 aliphatic carbocycles. The van der Waals surface area contributed by atoms with Gasteiger partial charge in [-0.25, -0.2) is 13.8 Å². The molecule has 0 aliphatic rings. The van der Waals surface area contributed by atoms with E-state index in [9.17, 15) is 8.78 Å². The molecule has 0 unspecified atom stereocenters. The lowest BCUT2D eigenvalue weighted by molar-refractivity contribution is 0.275. The summed E-state index contributed by atoms with van der Waals surface area (Å²) in [7, 11) is -1.87. The number of aromatic nitrogens is 3. The lowest BCUT2D eigenvalue weighted by Crippen LogP contribution is -2.41. The van der Waals surface area contributed by atoms with Gasteiger partial charge in [-0.2, -0.15) is 0 Å². The SMILES string of the molecule is CC(C)(C)[Si](C)(C)OCCn1c2ccncc2c2ccc(Nc3ccc(F)c(F)c3)nc21. The standard InChI is InChI=1S/C24H28F2N4OSi/c1-24(2,3)32(4,5)31-13-12-30-21-10-11-27-15-18(21)17-7-9-22(29-23(17)30)28-16-6-8-19(25)20(26)14-16/h6-11,14-15H,12-13H2,1-5H3,(H,28,29). The van der Waals surface area contributed by atoms with Crippen molar-refractivity contribution in [3.05, 3.63) is 60.4 Å². The number of rotatable bonds is 6. The van der Waals surface area contributed by atoms with Crippen LogP contribution in [-0.2, 0) is 11.0 Å². The van der Waals surface area contributed by atoms with Gasteiger partial charge in [0.15, 0.2) is 20.0 Å². The van der Waals surface area contributed by atoms with Crippen molar-refractivity contribution in [3.8, 4) is 0 Å². The Balaban J connectivity index is 1.68. The fourth-order valence-electron chi connectivity index (χ4n) is 3.43. The molecule has 0 spiro atoms. The smallest absolute Gasteiger partial charge is 0.192 e. The Hall–Kier alpha value is -2.84. The number of benzene rings is 1. The van der Waals surface area contributed by atoms with Gasteiger partial charge in [0.05, 0.1) is 12.1 Å². The van der Waals surface area contributed by atoms with Crippen LogP contribution in [0.3, 0.4) is 0 Å². The molecule has 0 saturated carbocycles. The second kappa shape index (κ2) is 8.25. The first-order valence-corrected chi connectivity index (χ1v) is 13.6. The number of pyridine rings is 2. The van der Waals surface area contributed by atoms with E-state index in [1.807, 2.05) is 24.4 Å². The van der Waals surface area contributed by atoms with E-state index >= 15 is 0 Å². The van der Waals surface area contributed by atoms with E-state index in [-0.39, 0.29) is 5.04 Å². The molecule has 1 aromatic carbocycles. The zero-order valence-corrected chi connectivity index (χ0v) is 20.0. The third kappa shape index (κ3) is 4.25. The minimum absolute atomic E-state index is 0.136. The maximum atomic E-state index is 13.6. The summed E-state index contributed by atoms with van der Waals surface area (Å²) in [6, 6.07) is 9.47. The van der Waals surface area contributed by atoms with E-state index in [1.165, 1.54) is 6.07 Å². The van der Waals surface area contributed by atoms with Gasteiger partial charge in [0.2, 0.25) is 0 Å². The van der Waals surface area contributed by atoms with Gasteiger partial charge >= 0.3 is 0 Å². The van der Waals surface area contributed by atoms with Crippen molar-refractivity contribution < 1.29 is 13.2 Å². The molecule has 0 saturated heterocycles. The molecular weight excluding hydrogens is 426 g/mol. The highest BCUT2D eigenvalue weighted by Gasteiger charge is 2.36. The van der Waals surface area contributed by atoms with Crippen LogP contribution in [0.5, 0.6) is 0 Å². The van der Waals surface area contributed by atoms with E-state index < -0.39 is 20.0 Å². The van der Waals surface area contributed by atoms with Crippen molar-refractivity contribution >= 4 is 41.8 Å². The molecule has 0 aliphatic heterocycles. The number of hydrogen-bond acceptors (Lipinski definition) is 4. The van der Waals surface area contributed by atoms with Crippen LogP contribution in [-0.4, -0.2) is 29.5 Å². The molecule has 0 atom stereocenters. The fraction of sp³-hybridized carbons (Fsp3) is 0.333. The highest BCUT2D eigenvalue weighted by atomic mass is 28.4. The monoisotopic (exact) mass is 454 g/mol. The molecule has 3 heterocycles. The van der Waals surface area contributed by atoms with Gasteiger partial charge in [-0.15, -0.1) is 0 Å². The number of nitrogens with one attached hydrogen (secondary N) is 1. The molecule has 3 aromatic heterocycles. The van der Waals surface area contributed by atoms with Crippen LogP contribution in [0, 0.1) is 11.6 Å². The van der Waals surface area contributed by atoms with Crippen molar-refractivity contribution in [3.63, 3.8) is 0 Å². The molecule has 32 heavy (non-hydrogen) atoms. The van der Waals surface area contributed by atoms with Crippen LogP contribution >= 0.6 is 0 Å². The van der Waals surface area contributed by atoms with Gasteiger partial charge in [-0.05, 0) is 48.5 Å². The third-order valence-electron chi connectivity index (χ3n) is 6.29. The number of nitrogens with zero attached hydrogens (tertiary/aromatic N) is 3. The van der Waals surface area contributed by atoms with Crippen LogP contribution in [0.2, 0.25) is 18.1 Å². The Kier molecular flexibility index (Phi) is 5.77. The molecule has 0 amide bonds. The quantitative estimate of drug-likeness (QED) is 0.332. The summed E-state index contributed by atoms with van der Waals surface area (Å²) >= 11 is 0. The Labute approximate surface area is 187 Å². The van der Waals surface area contributed by atoms with E-state index in [2.05, 4.69) is 48.7 Å². The van der Waals surface area contributed by atoms with E-state index in [1.54, 1.807) is 6.20 Å². The van der Waals surface area contributed by atoms with Gasteiger partial charge < -0.3 is 14.3 Å². The Bertz CT molecular complexity index is 1280. The number of hydrogen-bond donors (Lipinski definition) is 1. The molecule has 168 valence electrons. The summed E-state index contributed by atoms with van der Waals surface area (Å²) in [4.78, 5) is 9.07. The van der Waals surface area contributed by atoms with Crippen LogP contribution in [0.15, 0.2) is 48.8 Å². The fourth-order valence-corrected chi connectivity index (χ4v) is 4.47. The van der Waals surface area contributed by atoms with Crippen molar-refractivity contribution in [2.45, 2.75) is 45.4 Å². The molecule has 4 aromatic rings. The van der Waals surface area contributed by atoms with Gasteiger partial charge in [0, 0.05) is 41.5 Å². The summed E-state index contributed by atoms with van der Waals surface area (Å²) in [6.07, 6.45) is 3.61. The lowest BCUT2D eigenvalue weighted by Gasteiger charge is -2.36. The van der Waals surface area contributed by atoms with E-state index in [0.717, 1.165) is 34.1 Å². The summed E-state index contributed by atoms with van der Waals surface area (Å²) in [5.41, 5.74) is 2.26. The first-order chi connectivity index (χ1) is 15.1. The highest BCUT2D eigenvalue weighted by Crippen LogP contribution is 2.36. The lowest BCUT2D eigenvalue weighted by atomic mass is 10.2. The second-order valence-corrected chi connectivity index (χ2v) is 14.3. The average Bonchev–Trinajstić information content (AvgIpc) is 3.03. The Morgan fingerprint density at radius 3 is 2.53 bits per heavy atom. The minimum Gasteiger partial charge on any atom is -0.415 e. The molecule has 4 rings (SSSR count). The van der Waals surface area contributed by atoms with Crippen LogP contribution < -0.4 is 5.32 Å². The topological polar surface area (TPSA) is 52.0 Å². The van der Waals surface area contributed by atoms with Crippen molar-refractivity contribution in [1.82, 2.24) is 14.5 Å². The number of halogens is 2. The Morgan fingerprint density at radius 1 is 1.03 bits per heavy atom. The van der Waals surface area contributed by atoms with E-state index in [4.69, 9.17) is 9.41 Å². The summed E-state index contributed by atoms with van der Waals surface area (Å²) in [6.45, 7) is 12.4. The van der Waals surface area contributed by atoms with Gasteiger partial charge in [-0.3, -0.25) is 4.98 Å². The van der Waals surface area contributed by atoms with Gasteiger partial charge in [-0.1, -0.05) is 20.8 Å². The maximum Gasteiger partial charge on any atom is 0.192 e. The molecule has 0 fully saturated rings. The minimum atomic E-state index is -1.87. The zero-order chi connectivity index (χ0) is 23.1. The van der Waals surface area contributed by atoms with Crippen LogP contribution in [0.4, 0.5) is 20.3 Å². The van der Waals surface area contributed by atoms with Crippen molar-refractivity contribution in [1.29, 1.82) is 0 Å². The van der Waals surface area contributed by atoms with Gasteiger partial charge in [0.25, 0.3) is 0 Å². The summed E-state index contributed by atoms with van der Waals surface area (Å²) < 4.78 is 35.4. The number of fused-ring (bicyclic) bond motifs is 3. The van der Waals surface area contributed by atoms with E-state index in [0.29, 0.717) is 24.7 Å². The molecule has 0 bridgehead atoms. The maximum absolute atomic E-state index is 13.6. The van der Waals surface area contributed by atoms with Crippen LogP contribution in [0.25, 0.3) is 21.9 Å². The highest BCUT2D eigenvalue weighted by molar-refractivity contribution is 6.74. The van der Waals surface area contributed by atoms with Crippen molar-refractivity contribution in [2.24, 2.45) is 0 Å². The molecule has 1 N–H and O–H groups in total. The molecule has 5 nitrogen and oxygen atoms in total. The normalized spacial score (nSPS) is 12.6. The first kappa shape index (κ1) is 22.4. The van der Waals surface area contributed by atoms with Crippen LogP contribution in [0.1, 0.15) is 20.8 Å². The largest absolute Gasteiger partial charge is 0.415 e. The number of anilines is 2. The summed E-state index contributed by atoms with van der Waals surface area (Å²) in [5.74, 6) is -1.24. The molecule has 8 heteroatoms. The third-order valence-corrected chi connectivity index (χ3v) is 10.8. The average molecular weight is 455 g/mol. The summed E-state index contributed by atoms with van der Waals surface area (Å²) in [5, 5.41) is 5.20. The second-order valence-electron chi connectivity index (χ2n) is 9.47. The first-order valence-electron chi connectivity index (χ1n) is 10.7. The van der Waals surface area contributed by atoms with Crippen molar-refractivity contribution in [2.75, 3.05) is 11.9 Å².